The van der Waals surface area contributed by atoms with Crippen LogP contribution in [0.3, 0.4) is 0 Å². The van der Waals surface area contributed by atoms with Gasteiger partial charge in [0.15, 0.2) is 0 Å². The lowest BCUT2D eigenvalue weighted by molar-refractivity contribution is 0.00747. The molecule has 0 N–H and O–H groups in total. The van der Waals surface area contributed by atoms with E-state index in [1.807, 2.05) is 0 Å². The summed E-state index contributed by atoms with van der Waals surface area (Å²) >= 11 is 0. The molecule has 0 aliphatic heterocycles. The van der Waals surface area contributed by atoms with E-state index >= 15 is 0 Å². The molecule has 0 aromatic heterocycles. The molecule has 1 aliphatic rings. The van der Waals surface area contributed by atoms with Crippen LogP contribution < -0.4 is 0 Å². The van der Waals surface area contributed by atoms with Crippen LogP contribution in [0.5, 0.6) is 0 Å². The summed E-state index contributed by atoms with van der Waals surface area (Å²) in [4.78, 5) is 2.54. The van der Waals surface area contributed by atoms with E-state index in [1.54, 1.807) is 0 Å². The zero-order valence-electron chi connectivity index (χ0n) is 6.10. The van der Waals surface area contributed by atoms with E-state index in [-0.39, 0.29) is 5.25 Å². The Morgan fingerprint density at radius 2 is 1.91 bits per heavy atom. The van der Waals surface area contributed by atoms with Crippen LogP contribution in [-0.2, 0) is 9.84 Å². The summed E-state index contributed by atoms with van der Waals surface area (Å²) < 4.78 is 22.2. The molecule has 1 rings (SSSR count). The Balaban J connectivity index is 2.79. The quantitative estimate of drug-likeness (QED) is 0.266. The first kappa shape index (κ1) is 8.43. The maximum atomic E-state index is 11.1. The van der Waals surface area contributed by atoms with Crippen LogP contribution in [0.15, 0.2) is 0 Å². The molecular weight excluding hydrogens is 164 g/mol. The highest BCUT2D eigenvalue weighted by atomic mass is 32.2. The average molecular weight is 174 g/mol. The molecule has 1 fully saturated rings. The van der Waals surface area contributed by atoms with Gasteiger partial charge in [-0.05, 0) is 12.8 Å². The molecule has 0 heterocycles. The van der Waals surface area contributed by atoms with E-state index in [2.05, 4.69) is 4.79 Å². The molecule has 0 atom stereocenters. The largest absolute Gasteiger partial charge is 0.370 e. The van der Waals surface area contributed by atoms with Crippen LogP contribution in [0, 0.1) is 0 Å². The zero-order valence-corrected chi connectivity index (χ0v) is 6.92. The minimum atomic E-state index is -3.25. The second-order valence-electron chi connectivity index (χ2n) is 2.72. The molecule has 0 saturated heterocycles. The Bertz CT molecular complexity index is 271. The maximum Gasteiger partial charge on any atom is 0.370 e. The molecule has 1 saturated carbocycles. The summed E-state index contributed by atoms with van der Waals surface area (Å²) in [5.74, 6) is 0. The second-order valence-corrected chi connectivity index (χ2v) is 4.77. The van der Waals surface area contributed by atoms with Gasteiger partial charge in [-0.15, -0.1) is 0 Å². The molecule has 0 amide bonds. The van der Waals surface area contributed by atoms with Crippen LogP contribution in [0.2, 0.25) is 0 Å². The van der Waals surface area contributed by atoms with Gasteiger partial charge in [0.1, 0.15) is 0 Å². The smallest absolute Gasteiger partial charge is 0.361 e. The van der Waals surface area contributed by atoms with Gasteiger partial charge in [-0.25, -0.2) is 8.42 Å². The number of rotatable bonds is 2. The summed E-state index contributed by atoms with van der Waals surface area (Å²) in [5, 5.41) is -0.307. The molecule has 0 aromatic carbocycles. The van der Waals surface area contributed by atoms with Gasteiger partial charge in [0.2, 0.25) is 9.84 Å². The Kier molecular flexibility index (Phi) is 2.42. The monoisotopic (exact) mass is 174 g/mol. The van der Waals surface area contributed by atoms with Gasteiger partial charge in [0.25, 0.3) is 0 Å². The predicted molar refractivity (Wildman–Crippen MR) is 40.9 cm³/mol. The number of hydrogen-bond donors (Lipinski definition) is 0. The number of sulfone groups is 1. The fraction of sp³-hybridized carbons (Fsp3) is 0.833. The van der Waals surface area contributed by atoms with E-state index in [9.17, 15) is 8.42 Å². The molecule has 1 aliphatic carbocycles. The normalized spacial score (nSPS) is 19.6. The minimum Gasteiger partial charge on any atom is -0.361 e. The molecule has 0 unspecified atom stereocenters. The Labute approximate surface area is 65.8 Å². The second kappa shape index (κ2) is 3.15. The highest BCUT2D eigenvalue weighted by molar-refractivity contribution is 8.04. The number of hydrogen-bond acceptors (Lipinski definition) is 2. The Morgan fingerprint density at radius 1 is 1.36 bits per heavy atom. The standard InChI is InChI=1S/C6H10N2O2S/c7-8-5-11(9,10)6-3-1-2-4-6/h5-6H,1-4H2. The van der Waals surface area contributed by atoms with Crippen LogP contribution in [0.25, 0.3) is 5.53 Å². The fourth-order valence-electron chi connectivity index (χ4n) is 1.37. The van der Waals surface area contributed by atoms with Crippen molar-refractivity contribution in [1.29, 1.82) is 0 Å². The molecule has 11 heavy (non-hydrogen) atoms. The van der Waals surface area contributed by atoms with Gasteiger partial charge in [-0.3, -0.25) is 0 Å². The predicted octanol–water partition coefficient (Wildman–Crippen LogP) is 0.602. The van der Waals surface area contributed by atoms with Crippen molar-refractivity contribution >= 4 is 15.4 Å². The summed E-state index contributed by atoms with van der Waals surface area (Å²) in [7, 11) is -3.25. The maximum absolute atomic E-state index is 11.1. The van der Waals surface area contributed by atoms with Crippen LogP contribution in [0.1, 0.15) is 25.7 Å². The van der Waals surface area contributed by atoms with Gasteiger partial charge >= 0.3 is 5.55 Å². The van der Waals surface area contributed by atoms with E-state index in [0.717, 1.165) is 12.8 Å². The SMILES string of the molecule is [N-]=[N+]=CS(=O)(=O)C1CCCC1. The van der Waals surface area contributed by atoms with Crippen molar-refractivity contribution in [2.24, 2.45) is 0 Å². The van der Waals surface area contributed by atoms with Crippen molar-refractivity contribution in [3.05, 3.63) is 5.53 Å². The fourth-order valence-corrected chi connectivity index (χ4v) is 2.66. The van der Waals surface area contributed by atoms with E-state index in [1.165, 1.54) is 0 Å². The minimum absolute atomic E-state index is 0.307. The topological polar surface area (TPSA) is 70.5 Å². The van der Waals surface area contributed by atoms with Crippen LogP contribution >= 0.6 is 0 Å². The lowest BCUT2D eigenvalue weighted by Crippen LogP contribution is -2.18. The van der Waals surface area contributed by atoms with Gasteiger partial charge < -0.3 is 5.53 Å². The van der Waals surface area contributed by atoms with Crippen molar-refractivity contribution in [3.63, 3.8) is 0 Å². The molecule has 0 aromatic rings. The molecule has 0 bridgehead atoms. The van der Waals surface area contributed by atoms with Crippen molar-refractivity contribution in [2.75, 3.05) is 0 Å². The van der Waals surface area contributed by atoms with E-state index in [0.29, 0.717) is 18.4 Å². The van der Waals surface area contributed by atoms with Crippen molar-refractivity contribution in [3.8, 4) is 0 Å². The Hall–Kier alpha value is -0.670. The number of nitrogens with zero attached hydrogens (tertiary/aromatic N) is 2. The van der Waals surface area contributed by atoms with Crippen LogP contribution in [0.4, 0.5) is 0 Å². The molecule has 0 radical (unpaired) electrons. The van der Waals surface area contributed by atoms with Crippen molar-refractivity contribution in [2.45, 2.75) is 30.9 Å². The summed E-state index contributed by atoms with van der Waals surface area (Å²) in [5.41, 5.74) is 8.69. The lowest BCUT2D eigenvalue weighted by atomic mass is 10.4. The lowest BCUT2D eigenvalue weighted by Gasteiger charge is -2.00. The third-order valence-corrected chi connectivity index (χ3v) is 3.75. The average Bonchev–Trinajstić information content (AvgIpc) is 2.37. The highest BCUT2D eigenvalue weighted by Crippen LogP contribution is 2.23. The van der Waals surface area contributed by atoms with Crippen molar-refractivity contribution in [1.82, 2.24) is 0 Å². The van der Waals surface area contributed by atoms with Gasteiger partial charge in [-0.2, -0.15) is 4.79 Å². The molecule has 0 spiro atoms. The zero-order chi connectivity index (χ0) is 8.32. The third-order valence-electron chi connectivity index (χ3n) is 1.96. The first-order valence-electron chi connectivity index (χ1n) is 3.58. The van der Waals surface area contributed by atoms with Crippen molar-refractivity contribution < 1.29 is 13.2 Å². The first-order chi connectivity index (χ1) is 5.17. The van der Waals surface area contributed by atoms with Gasteiger partial charge in [0, 0.05) is 0 Å². The Morgan fingerprint density at radius 3 is 2.36 bits per heavy atom. The van der Waals surface area contributed by atoms with Gasteiger partial charge in [0.05, 0.1) is 5.25 Å². The summed E-state index contributed by atoms with van der Waals surface area (Å²) in [6.45, 7) is 0. The first-order valence-corrected chi connectivity index (χ1v) is 5.19. The highest BCUT2D eigenvalue weighted by Gasteiger charge is 2.29. The molecule has 4 nitrogen and oxygen atoms in total. The third kappa shape index (κ3) is 1.88. The van der Waals surface area contributed by atoms with Gasteiger partial charge in [-0.1, -0.05) is 12.8 Å². The summed E-state index contributed by atoms with van der Waals surface area (Å²) in [6.07, 6.45) is 3.33. The molecule has 62 valence electrons. The molecule has 5 heteroatoms. The van der Waals surface area contributed by atoms with Crippen LogP contribution in [-0.4, -0.2) is 24.0 Å². The van der Waals surface area contributed by atoms with E-state index < -0.39 is 9.84 Å². The summed E-state index contributed by atoms with van der Waals surface area (Å²) in [6, 6.07) is 0. The van der Waals surface area contributed by atoms with E-state index in [4.69, 9.17) is 5.53 Å². The molecular formula is C6H10N2O2S.